The number of rotatable bonds is 12. The Labute approximate surface area is 319 Å². The number of carboxylic acid groups (broad SMARTS) is 1. The summed E-state index contributed by atoms with van der Waals surface area (Å²) in [5, 5.41) is 19.0. The normalized spacial score (nSPS) is 11.9. The number of aromatic nitrogens is 1. The van der Waals surface area contributed by atoms with Crippen molar-refractivity contribution in [2.24, 2.45) is 0 Å². The predicted octanol–water partition coefficient (Wildman–Crippen LogP) is 9.46. The summed E-state index contributed by atoms with van der Waals surface area (Å²) >= 11 is 4.69. The number of ether oxygens (including phenoxy) is 2. The summed E-state index contributed by atoms with van der Waals surface area (Å²) in [7, 11) is 3.34. The number of carboxylic acids is 1. The van der Waals surface area contributed by atoms with Crippen LogP contribution in [0.5, 0.6) is 11.5 Å². The molecule has 0 saturated heterocycles. The van der Waals surface area contributed by atoms with Gasteiger partial charge in [-0.3, -0.25) is 0 Å². The van der Waals surface area contributed by atoms with E-state index in [0.29, 0.717) is 5.69 Å². The number of methoxy groups -OCH3 is 2. The van der Waals surface area contributed by atoms with Gasteiger partial charge < -0.3 is 19.5 Å². The molecule has 0 atom stereocenters. The summed E-state index contributed by atoms with van der Waals surface area (Å²) in [6.07, 6.45) is 3.88. The van der Waals surface area contributed by atoms with Gasteiger partial charge in [0.1, 0.15) is 22.2 Å². The molecule has 262 valence electrons. The van der Waals surface area contributed by atoms with Gasteiger partial charge >= 0.3 is 5.97 Å². The van der Waals surface area contributed by atoms with E-state index in [1.54, 1.807) is 43.0 Å². The Hall–Kier alpha value is -5.99. The number of thiophene rings is 2. The summed E-state index contributed by atoms with van der Waals surface area (Å²) in [5.74, 6) is 0.339. The monoisotopic (exact) mass is 751 g/mol. The van der Waals surface area contributed by atoms with Crippen LogP contribution in [0, 0.1) is 11.3 Å². The molecule has 1 N–H and O–H groups in total. The first-order chi connectivity index (χ1) is 25.9. The second kappa shape index (κ2) is 16.1. The van der Waals surface area contributed by atoms with Crippen LogP contribution in [0.3, 0.4) is 0 Å². The number of benzene rings is 4. The maximum atomic E-state index is 11.7. The molecule has 0 radical (unpaired) electrons. The summed E-state index contributed by atoms with van der Waals surface area (Å²) in [6.45, 7) is 0. The number of aliphatic carboxylic acids is 1. The highest BCUT2D eigenvalue weighted by atomic mass is 32.1. The summed E-state index contributed by atoms with van der Waals surface area (Å²) in [5.41, 5.74) is 5.55. The van der Waals surface area contributed by atoms with Crippen LogP contribution < -0.4 is 23.6 Å². The van der Waals surface area contributed by atoms with Crippen molar-refractivity contribution in [3.63, 3.8) is 0 Å². The molecule has 7 rings (SSSR count). The van der Waals surface area contributed by atoms with Gasteiger partial charge in [-0.05, 0) is 109 Å². The lowest BCUT2D eigenvalue weighted by molar-refractivity contribution is -0.130. The Bertz CT molecular complexity index is 2470. The number of aryl methyl sites for hydroxylation is 2. The van der Waals surface area contributed by atoms with Crippen molar-refractivity contribution in [1.82, 2.24) is 4.98 Å². The molecule has 0 spiro atoms. The third-order valence-corrected chi connectivity index (χ3v) is 12.0. The Morgan fingerprint density at radius 2 is 1.32 bits per heavy atom. The van der Waals surface area contributed by atoms with E-state index in [0.717, 1.165) is 61.3 Å². The maximum Gasteiger partial charge on any atom is 0.349 e. The molecule has 7 aromatic rings. The second-order valence-corrected chi connectivity index (χ2v) is 15.2. The Morgan fingerprint density at radius 3 is 1.91 bits per heavy atom. The second-order valence-electron chi connectivity index (χ2n) is 11.9. The van der Waals surface area contributed by atoms with Gasteiger partial charge in [-0.25, -0.2) is 9.78 Å². The smallest absolute Gasteiger partial charge is 0.349 e. The first kappa shape index (κ1) is 35.4. The van der Waals surface area contributed by atoms with Crippen LogP contribution >= 0.6 is 34.0 Å². The van der Waals surface area contributed by atoms with Crippen molar-refractivity contribution in [2.45, 2.75) is 12.8 Å². The molecule has 0 amide bonds. The van der Waals surface area contributed by atoms with E-state index in [9.17, 15) is 15.2 Å². The first-order valence-corrected chi connectivity index (χ1v) is 19.1. The molecule has 0 saturated carbocycles. The molecule has 0 aliphatic rings. The van der Waals surface area contributed by atoms with Crippen molar-refractivity contribution in [1.29, 1.82) is 5.26 Å². The van der Waals surface area contributed by atoms with Crippen molar-refractivity contribution in [3.05, 3.63) is 152 Å². The topological polar surface area (TPSA) is 95.7 Å². The van der Waals surface area contributed by atoms with E-state index in [-0.39, 0.29) is 10.2 Å². The fourth-order valence-corrected chi connectivity index (χ4v) is 9.00. The molecule has 53 heavy (non-hydrogen) atoms. The highest BCUT2D eigenvalue weighted by Crippen LogP contribution is 2.37. The van der Waals surface area contributed by atoms with Crippen LogP contribution in [0.1, 0.15) is 15.3 Å². The van der Waals surface area contributed by atoms with Crippen molar-refractivity contribution in [2.75, 3.05) is 19.1 Å². The van der Waals surface area contributed by atoms with Crippen molar-refractivity contribution < 1.29 is 19.4 Å². The van der Waals surface area contributed by atoms with Crippen LogP contribution in [0.25, 0.3) is 32.7 Å². The number of hydrogen-bond acceptors (Lipinski definition) is 9. The molecule has 0 aliphatic carbocycles. The number of hydrogen-bond donors (Lipinski definition) is 1. The Balaban J connectivity index is 1.08. The lowest BCUT2D eigenvalue weighted by atomic mass is 10.1. The van der Waals surface area contributed by atoms with Gasteiger partial charge in [-0.1, -0.05) is 42.5 Å². The summed E-state index contributed by atoms with van der Waals surface area (Å²) in [6, 6.07) is 44.9. The first-order valence-electron chi connectivity index (χ1n) is 16.7. The molecule has 0 unspecified atom stereocenters. The number of carbonyl (C=O) groups is 1. The maximum absolute atomic E-state index is 11.7. The molecular formula is C43H33N3O4S3. The molecule has 3 aromatic heterocycles. The fraction of sp³-hybridized carbons (Fsp3) is 0.0930. The molecule has 0 bridgehead atoms. The van der Waals surface area contributed by atoms with Crippen LogP contribution in [-0.2, 0) is 17.6 Å². The highest BCUT2D eigenvalue weighted by molar-refractivity contribution is 7.22. The SMILES string of the molecule is COc1ccc(N(c2ccc(CCc3ccc(-c4ccc(/C=c5\s/c(=C(/C#N)C(=O)O)nc5-c5ccccc5)s4)s3)cc2)c2ccc(OC)cc2)cc1. The van der Waals surface area contributed by atoms with Gasteiger partial charge in [0.25, 0.3) is 0 Å². The van der Waals surface area contributed by atoms with Crippen LogP contribution in [0.4, 0.5) is 17.1 Å². The zero-order valence-corrected chi connectivity index (χ0v) is 31.3. The van der Waals surface area contributed by atoms with Crippen LogP contribution in [0.2, 0.25) is 0 Å². The molecule has 3 heterocycles. The van der Waals surface area contributed by atoms with Crippen LogP contribution in [0.15, 0.2) is 127 Å². The summed E-state index contributed by atoms with van der Waals surface area (Å²) < 4.78 is 11.8. The van der Waals surface area contributed by atoms with Gasteiger partial charge in [0.05, 0.1) is 24.4 Å². The minimum atomic E-state index is -1.28. The quantitative estimate of drug-likeness (QED) is 0.133. The standard InChI is InChI=1S/C43H33N3O4S3/c1-49-33-17-13-31(14-18-33)46(32-15-19-34(50-2)20-16-32)30-11-8-28(9-12-30)10-21-35-22-24-38(51-35)39-25-23-36(52-39)26-40-41(29-6-4-3-5-7-29)45-42(53-40)37(27-44)43(47)48/h3-9,11-20,22-26H,10,21H2,1-2H3,(H,47,48)/b40-26-,42-37-. The molecular weight excluding hydrogens is 719 g/mol. The van der Waals surface area contributed by atoms with Crippen molar-refractivity contribution >= 4 is 68.7 Å². The Kier molecular flexibility index (Phi) is 10.8. The largest absolute Gasteiger partial charge is 0.497 e. The van der Waals surface area contributed by atoms with E-state index in [1.165, 1.54) is 26.7 Å². The van der Waals surface area contributed by atoms with Crippen molar-refractivity contribution in [3.8, 4) is 38.6 Å². The molecule has 10 heteroatoms. The van der Waals surface area contributed by atoms with Gasteiger partial charge in [-0.2, -0.15) is 5.26 Å². The number of thiazole rings is 1. The third kappa shape index (κ3) is 8.08. The minimum Gasteiger partial charge on any atom is -0.497 e. The van der Waals surface area contributed by atoms with E-state index < -0.39 is 5.97 Å². The van der Waals surface area contributed by atoms with Gasteiger partial charge in [0.15, 0.2) is 5.57 Å². The lowest BCUT2D eigenvalue weighted by Gasteiger charge is -2.26. The molecule has 0 aliphatic heterocycles. The third-order valence-electron chi connectivity index (χ3n) is 8.56. The molecule has 0 fully saturated rings. The van der Waals surface area contributed by atoms with Crippen LogP contribution in [-0.4, -0.2) is 30.3 Å². The van der Waals surface area contributed by atoms with E-state index in [1.807, 2.05) is 60.7 Å². The fourth-order valence-electron chi connectivity index (χ4n) is 5.85. The van der Waals surface area contributed by atoms with E-state index in [2.05, 4.69) is 82.7 Å². The molecule has 4 aromatic carbocycles. The number of nitriles is 1. The van der Waals surface area contributed by atoms with Gasteiger partial charge in [0, 0.05) is 42.1 Å². The van der Waals surface area contributed by atoms with E-state index >= 15 is 0 Å². The number of nitrogens with zero attached hydrogens (tertiary/aromatic N) is 3. The zero-order valence-electron chi connectivity index (χ0n) is 28.9. The molecule has 7 nitrogen and oxygen atoms in total. The highest BCUT2D eigenvalue weighted by Gasteiger charge is 2.15. The summed E-state index contributed by atoms with van der Waals surface area (Å²) in [4.78, 5) is 23.2. The average Bonchev–Trinajstić information content (AvgIpc) is 3.97. The Morgan fingerprint density at radius 1 is 0.736 bits per heavy atom. The predicted molar refractivity (Wildman–Crippen MR) is 216 cm³/mol. The zero-order chi connectivity index (χ0) is 36.7. The van der Waals surface area contributed by atoms with E-state index in [4.69, 9.17) is 9.47 Å². The lowest BCUT2D eigenvalue weighted by Crippen LogP contribution is -2.11. The minimum absolute atomic E-state index is 0.200. The number of anilines is 3. The van der Waals surface area contributed by atoms with Gasteiger partial charge in [0.2, 0.25) is 0 Å². The van der Waals surface area contributed by atoms with Gasteiger partial charge in [-0.15, -0.1) is 34.0 Å². The average molecular weight is 752 g/mol.